The average Bonchev–Trinajstić information content (AvgIpc) is 3.40. The van der Waals surface area contributed by atoms with E-state index in [-0.39, 0.29) is 18.5 Å². The van der Waals surface area contributed by atoms with E-state index in [9.17, 15) is 19.8 Å². The van der Waals surface area contributed by atoms with Gasteiger partial charge in [-0.15, -0.1) is 0 Å². The first-order chi connectivity index (χ1) is 36.5. The molecule has 0 aliphatic rings. The van der Waals surface area contributed by atoms with Crippen molar-refractivity contribution in [2.75, 3.05) is 13.2 Å². The Balaban J connectivity index is 3.38. The van der Waals surface area contributed by atoms with Gasteiger partial charge >= 0.3 is 5.97 Å². The number of hydrogen-bond acceptors (Lipinski definition) is 5. The van der Waals surface area contributed by atoms with E-state index in [2.05, 4.69) is 19.2 Å². The van der Waals surface area contributed by atoms with Crippen molar-refractivity contribution in [1.29, 1.82) is 0 Å². The summed E-state index contributed by atoms with van der Waals surface area (Å²) in [6.45, 7) is 4.99. The van der Waals surface area contributed by atoms with E-state index in [1.807, 2.05) is 0 Å². The molecule has 2 atom stereocenters. The van der Waals surface area contributed by atoms with Crippen LogP contribution in [0.25, 0.3) is 0 Å². The zero-order valence-electron chi connectivity index (χ0n) is 50.6. The van der Waals surface area contributed by atoms with Crippen LogP contribution in [0.5, 0.6) is 0 Å². The maximum Gasteiger partial charge on any atom is 0.305 e. The van der Waals surface area contributed by atoms with Crippen molar-refractivity contribution < 1.29 is 24.5 Å². The molecule has 0 spiro atoms. The van der Waals surface area contributed by atoms with Crippen LogP contribution < -0.4 is 5.32 Å². The van der Waals surface area contributed by atoms with Crippen molar-refractivity contribution in [3.63, 3.8) is 0 Å². The predicted molar refractivity (Wildman–Crippen MR) is 324 cm³/mol. The predicted octanol–water partition coefficient (Wildman–Crippen LogP) is 21.8. The molecule has 0 radical (unpaired) electrons. The van der Waals surface area contributed by atoms with E-state index in [4.69, 9.17) is 4.74 Å². The topological polar surface area (TPSA) is 95.9 Å². The minimum Gasteiger partial charge on any atom is -0.466 e. The summed E-state index contributed by atoms with van der Waals surface area (Å²) in [5, 5.41) is 23.4. The fourth-order valence-corrected chi connectivity index (χ4v) is 11.2. The van der Waals surface area contributed by atoms with Gasteiger partial charge in [-0.05, 0) is 25.7 Å². The minimum atomic E-state index is -0.668. The Bertz CT molecular complexity index is 1070. The summed E-state index contributed by atoms with van der Waals surface area (Å²) in [5.74, 6) is -0.0231. The molecular formula is C68H135NO5. The number of nitrogens with one attached hydrogen (secondary N) is 1. The first kappa shape index (κ1) is 72.9. The molecule has 0 aromatic rings. The molecule has 6 nitrogen and oxygen atoms in total. The van der Waals surface area contributed by atoms with Crippen molar-refractivity contribution >= 4 is 11.9 Å². The smallest absolute Gasteiger partial charge is 0.305 e. The van der Waals surface area contributed by atoms with Gasteiger partial charge in [0.05, 0.1) is 25.4 Å². The molecule has 0 rings (SSSR count). The number of carbonyl (C=O) groups is 2. The number of amides is 1. The molecule has 0 aromatic carbocycles. The summed E-state index contributed by atoms with van der Waals surface area (Å²) >= 11 is 0. The molecule has 3 N–H and O–H groups in total. The Hall–Kier alpha value is -1.14. The molecule has 1 amide bonds. The molecule has 74 heavy (non-hydrogen) atoms. The molecule has 2 unspecified atom stereocenters. The van der Waals surface area contributed by atoms with Crippen molar-refractivity contribution in [2.24, 2.45) is 0 Å². The fraction of sp³-hybridized carbons (Fsp3) is 0.971. The average molecular weight is 1050 g/mol. The van der Waals surface area contributed by atoms with Gasteiger partial charge in [0.15, 0.2) is 0 Å². The summed E-state index contributed by atoms with van der Waals surface area (Å²) in [4.78, 5) is 24.7. The lowest BCUT2D eigenvalue weighted by Crippen LogP contribution is -2.45. The molecule has 0 bridgehead atoms. The lowest BCUT2D eigenvalue weighted by atomic mass is 10.0. The third-order valence-corrected chi connectivity index (χ3v) is 16.4. The first-order valence-corrected chi connectivity index (χ1v) is 34.3. The van der Waals surface area contributed by atoms with E-state index in [0.717, 1.165) is 38.5 Å². The van der Waals surface area contributed by atoms with Crippen LogP contribution >= 0.6 is 0 Å². The van der Waals surface area contributed by atoms with Gasteiger partial charge in [-0.1, -0.05) is 361 Å². The standard InChI is InChI=1S/C68H135NO5/c1-3-5-7-9-11-13-15-17-19-21-23-24-25-26-28-32-36-40-44-48-52-56-60-66(71)65(64-70)69-67(72)61-57-53-49-45-41-37-33-29-27-31-35-39-43-47-51-55-59-63-74-68(73)62-58-54-50-46-42-38-34-30-22-20-18-16-14-12-10-8-6-4-2/h65-66,70-71H,3-64H2,1-2H3,(H,69,72). The highest BCUT2D eigenvalue weighted by molar-refractivity contribution is 5.76. The molecule has 0 heterocycles. The number of ether oxygens (including phenoxy) is 1. The quantitative estimate of drug-likeness (QED) is 0.0417. The van der Waals surface area contributed by atoms with Gasteiger partial charge in [0.1, 0.15) is 0 Å². The monoisotopic (exact) mass is 1050 g/mol. The third-order valence-electron chi connectivity index (χ3n) is 16.4. The van der Waals surface area contributed by atoms with Crippen LogP contribution in [0, 0.1) is 0 Å². The van der Waals surface area contributed by atoms with Gasteiger partial charge in [-0.25, -0.2) is 0 Å². The minimum absolute atomic E-state index is 0.0115. The van der Waals surface area contributed by atoms with Gasteiger partial charge in [0.25, 0.3) is 0 Å². The van der Waals surface area contributed by atoms with Crippen LogP contribution in [0.4, 0.5) is 0 Å². The largest absolute Gasteiger partial charge is 0.466 e. The van der Waals surface area contributed by atoms with Gasteiger partial charge < -0.3 is 20.3 Å². The number of carbonyl (C=O) groups excluding carboxylic acids is 2. The van der Waals surface area contributed by atoms with Gasteiger partial charge in [-0.2, -0.15) is 0 Å². The van der Waals surface area contributed by atoms with Crippen molar-refractivity contribution in [3.8, 4) is 0 Å². The lowest BCUT2D eigenvalue weighted by molar-refractivity contribution is -0.143. The van der Waals surface area contributed by atoms with Crippen LogP contribution in [0.2, 0.25) is 0 Å². The number of esters is 1. The Morgan fingerprint density at radius 3 is 0.824 bits per heavy atom. The van der Waals surface area contributed by atoms with Crippen LogP contribution in [0.3, 0.4) is 0 Å². The summed E-state index contributed by atoms with van der Waals surface area (Å²) in [7, 11) is 0. The third kappa shape index (κ3) is 60.1. The summed E-state index contributed by atoms with van der Waals surface area (Å²) < 4.78 is 5.50. The van der Waals surface area contributed by atoms with Crippen LogP contribution in [0.1, 0.15) is 399 Å². The molecule has 0 fully saturated rings. The van der Waals surface area contributed by atoms with Gasteiger partial charge in [0.2, 0.25) is 5.91 Å². The number of hydrogen-bond donors (Lipinski definition) is 3. The summed E-state index contributed by atoms with van der Waals surface area (Å²) in [6, 6.07) is -0.545. The van der Waals surface area contributed by atoms with Crippen molar-refractivity contribution in [1.82, 2.24) is 5.32 Å². The highest BCUT2D eigenvalue weighted by atomic mass is 16.5. The molecule has 0 aliphatic heterocycles. The number of aliphatic hydroxyl groups is 2. The molecule has 442 valence electrons. The SMILES string of the molecule is CCCCCCCCCCCCCCCCCCCCCCCCC(O)C(CO)NC(=O)CCCCCCCCCCCCCCCCCCCOC(=O)CCCCCCCCCCCCCCCCCCCC. The number of unbranched alkanes of at least 4 members (excludes halogenated alkanes) is 54. The normalized spacial score (nSPS) is 12.4. The zero-order chi connectivity index (χ0) is 53.6. The van der Waals surface area contributed by atoms with Gasteiger partial charge in [0, 0.05) is 12.8 Å². The highest BCUT2D eigenvalue weighted by Gasteiger charge is 2.20. The Morgan fingerprint density at radius 1 is 0.324 bits per heavy atom. The maximum absolute atomic E-state index is 12.5. The van der Waals surface area contributed by atoms with E-state index in [1.54, 1.807) is 0 Å². The molecule has 0 aliphatic carbocycles. The van der Waals surface area contributed by atoms with E-state index in [1.165, 1.54) is 327 Å². The molecule has 0 saturated carbocycles. The Kier molecular flexibility index (Phi) is 63.4. The van der Waals surface area contributed by atoms with Gasteiger partial charge in [-0.3, -0.25) is 9.59 Å². The van der Waals surface area contributed by atoms with Crippen LogP contribution in [-0.2, 0) is 14.3 Å². The summed E-state index contributed by atoms with van der Waals surface area (Å²) in [5.41, 5.74) is 0. The molecule has 0 aromatic heterocycles. The Morgan fingerprint density at radius 2 is 0.554 bits per heavy atom. The van der Waals surface area contributed by atoms with Crippen molar-refractivity contribution in [2.45, 2.75) is 411 Å². The second-order valence-corrected chi connectivity index (χ2v) is 23.9. The van der Waals surface area contributed by atoms with Crippen LogP contribution in [-0.4, -0.2) is 47.4 Å². The van der Waals surface area contributed by atoms with E-state index < -0.39 is 12.1 Å². The lowest BCUT2D eigenvalue weighted by Gasteiger charge is -2.22. The first-order valence-electron chi connectivity index (χ1n) is 34.3. The molecule has 0 saturated heterocycles. The fourth-order valence-electron chi connectivity index (χ4n) is 11.2. The molecular weight excluding hydrogens is 911 g/mol. The zero-order valence-corrected chi connectivity index (χ0v) is 50.6. The number of rotatable bonds is 65. The maximum atomic E-state index is 12.5. The van der Waals surface area contributed by atoms with Crippen LogP contribution in [0.15, 0.2) is 0 Å². The molecule has 6 heteroatoms. The second kappa shape index (κ2) is 64.4. The summed E-state index contributed by atoms with van der Waals surface area (Å²) in [6.07, 6.45) is 77.0. The number of aliphatic hydroxyl groups excluding tert-OH is 2. The Labute approximate surface area is 464 Å². The van der Waals surface area contributed by atoms with E-state index in [0.29, 0.717) is 25.9 Å². The van der Waals surface area contributed by atoms with Crippen molar-refractivity contribution in [3.05, 3.63) is 0 Å². The second-order valence-electron chi connectivity index (χ2n) is 23.9. The highest BCUT2D eigenvalue weighted by Crippen LogP contribution is 2.19. The van der Waals surface area contributed by atoms with E-state index >= 15 is 0 Å².